The average Bonchev–Trinajstić information content (AvgIpc) is 2.37. The zero-order valence-electron chi connectivity index (χ0n) is 11.1. The Morgan fingerprint density at radius 3 is 2.68 bits per heavy atom. The van der Waals surface area contributed by atoms with E-state index in [0.29, 0.717) is 12.0 Å². The van der Waals surface area contributed by atoms with E-state index < -0.39 is 10.7 Å². The Morgan fingerprint density at radius 2 is 2.16 bits per heavy atom. The minimum absolute atomic E-state index is 0.0965. The monoisotopic (exact) mass is 288 g/mol. The quantitative estimate of drug-likeness (QED) is 0.615. The first kappa shape index (κ1) is 15.9. The molecular weight excluding hydrogens is 271 g/mol. The van der Waals surface area contributed by atoms with Gasteiger partial charge in [0, 0.05) is 17.7 Å². The molecule has 1 aromatic carbocycles. The van der Waals surface area contributed by atoms with Crippen LogP contribution in [0.5, 0.6) is 0 Å². The first-order chi connectivity index (χ1) is 8.99. The van der Waals surface area contributed by atoms with Crippen LogP contribution in [0.2, 0.25) is 5.02 Å². The molecule has 0 aliphatic rings. The number of nitro groups is 1. The van der Waals surface area contributed by atoms with Crippen molar-refractivity contribution in [1.29, 1.82) is 0 Å². The third kappa shape index (κ3) is 4.44. The molecule has 1 aromatic rings. The number of hydrogen-bond donors (Lipinski definition) is 1. The first-order valence-electron chi connectivity index (χ1n) is 6.35. The second kappa shape index (κ2) is 7.40. The average molecular weight is 289 g/mol. The van der Waals surface area contributed by atoms with Crippen LogP contribution in [-0.2, 0) is 6.42 Å². The van der Waals surface area contributed by atoms with Crippen LogP contribution in [0, 0.1) is 15.9 Å². The minimum Gasteiger partial charge on any atom is -0.314 e. The summed E-state index contributed by atoms with van der Waals surface area (Å²) in [4.78, 5) is 10.5. The molecule has 0 saturated heterocycles. The maximum atomic E-state index is 13.5. The Bertz CT molecular complexity index is 455. The standard InChI is InChI=1S/C13H18ClFN2O2/c1-3-5-16-10(4-2)6-9-7-12(15)11(14)8-13(9)17(18)19/h7-8,10,16H,3-6H2,1-2H3. The summed E-state index contributed by atoms with van der Waals surface area (Å²) in [6.45, 7) is 4.87. The molecule has 0 aliphatic carbocycles. The number of benzene rings is 1. The van der Waals surface area contributed by atoms with E-state index in [1.54, 1.807) is 0 Å². The minimum atomic E-state index is -0.618. The summed E-state index contributed by atoms with van der Waals surface area (Å²) in [5, 5.41) is 14.0. The van der Waals surface area contributed by atoms with Crippen LogP contribution in [0.3, 0.4) is 0 Å². The van der Waals surface area contributed by atoms with Crippen LogP contribution >= 0.6 is 11.6 Å². The molecule has 1 unspecified atom stereocenters. The van der Waals surface area contributed by atoms with E-state index in [1.807, 2.05) is 13.8 Å². The van der Waals surface area contributed by atoms with Gasteiger partial charge in [-0.3, -0.25) is 10.1 Å². The highest BCUT2D eigenvalue weighted by atomic mass is 35.5. The molecular formula is C13H18ClFN2O2. The van der Waals surface area contributed by atoms with Crippen LogP contribution in [0.15, 0.2) is 12.1 Å². The zero-order chi connectivity index (χ0) is 14.4. The molecule has 1 atom stereocenters. The maximum absolute atomic E-state index is 13.5. The van der Waals surface area contributed by atoms with Gasteiger partial charge in [0.1, 0.15) is 5.82 Å². The Balaban J connectivity index is 2.97. The van der Waals surface area contributed by atoms with Crippen molar-refractivity contribution in [1.82, 2.24) is 5.32 Å². The summed E-state index contributed by atoms with van der Waals surface area (Å²) < 4.78 is 13.5. The third-order valence-corrected chi connectivity index (χ3v) is 3.25. The van der Waals surface area contributed by atoms with E-state index >= 15 is 0 Å². The molecule has 0 fully saturated rings. The predicted molar refractivity (Wildman–Crippen MR) is 74.1 cm³/mol. The number of nitrogens with zero attached hydrogens (tertiary/aromatic N) is 1. The van der Waals surface area contributed by atoms with Gasteiger partial charge in [0.05, 0.1) is 9.95 Å². The second-order valence-corrected chi connectivity index (χ2v) is 4.82. The fraction of sp³-hybridized carbons (Fsp3) is 0.538. The fourth-order valence-corrected chi connectivity index (χ4v) is 2.04. The van der Waals surface area contributed by atoms with Crippen molar-refractivity contribution >= 4 is 17.3 Å². The molecule has 0 aliphatic heterocycles. The predicted octanol–water partition coefficient (Wildman–Crippen LogP) is 3.71. The van der Waals surface area contributed by atoms with Crippen LogP contribution < -0.4 is 5.32 Å². The van der Waals surface area contributed by atoms with Crippen molar-refractivity contribution < 1.29 is 9.31 Å². The van der Waals surface area contributed by atoms with E-state index in [9.17, 15) is 14.5 Å². The normalized spacial score (nSPS) is 12.4. The Morgan fingerprint density at radius 1 is 1.47 bits per heavy atom. The van der Waals surface area contributed by atoms with E-state index in [-0.39, 0.29) is 16.8 Å². The van der Waals surface area contributed by atoms with Gasteiger partial charge in [-0.2, -0.15) is 0 Å². The number of rotatable bonds is 7. The van der Waals surface area contributed by atoms with Gasteiger partial charge in [-0.1, -0.05) is 25.4 Å². The van der Waals surface area contributed by atoms with Gasteiger partial charge in [-0.25, -0.2) is 4.39 Å². The third-order valence-electron chi connectivity index (χ3n) is 2.96. The van der Waals surface area contributed by atoms with Crippen molar-refractivity contribution in [2.45, 2.75) is 39.2 Å². The van der Waals surface area contributed by atoms with Crippen molar-refractivity contribution in [3.05, 3.63) is 38.7 Å². The zero-order valence-corrected chi connectivity index (χ0v) is 11.8. The lowest BCUT2D eigenvalue weighted by Gasteiger charge is -2.16. The molecule has 0 radical (unpaired) electrons. The van der Waals surface area contributed by atoms with Crippen LogP contribution in [-0.4, -0.2) is 17.5 Å². The van der Waals surface area contributed by atoms with E-state index in [2.05, 4.69) is 5.32 Å². The molecule has 6 heteroatoms. The van der Waals surface area contributed by atoms with Crippen molar-refractivity contribution in [3.8, 4) is 0 Å². The number of hydrogen-bond acceptors (Lipinski definition) is 3. The lowest BCUT2D eigenvalue weighted by molar-refractivity contribution is -0.385. The lowest BCUT2D eigenvalue weighted by atomic mass is 10.0. The summed E-state index contributed by atoms with van der Waals surface area (Å²) in [7, 11) is 0. The van der Waals surface area contributed by atoms with Gasteiger partial charge >= 0.3 is 0 Å². The largest absolute Gasteiger partial charge is 0.314 e. The summed E-state index contributed by atoms with van der Waals surface area (Å²) in [6.07, 6.45) is 2.22. The van der Waals surface area contributed by atoms with Crippen molar-refractivity contribution in [3.63, 3.8) is 0 Å². The van der Waals surface area contributed by atoms with Crippen molar-refractivity contribution in [2.24, 2.45) is 0 Å². The van der Waals surface area contributed by atoms with Crippen molar-refractivity contribution in [2.75, 3.05) is 6.54 Å². The molecule has 1 rings (SSSR count). The van der Waals surface area contributed by atoms with Gasteiger partial charge in [0.25, 0.3) is 5.69 Å². The van der Waals surface area contributed by atoms with Gasteiger partial charge in [-0.15, -0.1) is 0 Å². The van der Waals surface area contributed by atoms with Gasteiger partial charge < -0.3 is 5.32 Å². The topological polar surface area (TPSA) is 55.2 Å². The first-order valence-corrected chi connectivity index (χ1v) is 6.73. The Hall–Kier alpha value is -1.20. The SMILES string of the molecule is CCCNC(CC)Cc1cc(F)c(Cl)cc1[N+](=O)[O-]. The smallest absolute Gasteiger partial charge is 0.274 e. The van der Waals surface area contributed by atoms with Crippen LogP contribution in [0.4, 0.5) is 10.1 Å². The molecule has 0 heterocycles. The van der Waals surface area contributed by atoms with Crippen LogP contribution in [0.25, 0.3) is 0 Å². The highest BCUT2D eigenvalue weighted by Gasteiger charge is 2.20. The number of nitrogens with one attached hydrogen (secondary N) is 1. The Labute approximate surface area is 117 Å². The summed E-state index contributed by atoms with van der Waals surface area (Å²) in [5.41, 5.74) is 0.255. The molecule has 0 spiro atoms. The van der Waals surface area contributed by atoms with E-state index in [4.69, 9.17) is 11.6 Å². The van der Waals surface area contributed by atoms with Gasteiger partial charge in [-0.05, 0) is 31.9 Å². The van der Waals surface area contributed by atoms with Crippen LogP contribution in [0.1, 0.15) is 32.3 Å². The van der Waals surface area contributed by atoms with E-state index in [1.165, 1.54) is 0 Å². The fourth-order valence-electron chi connectivity index (χ4n) is 1.89. The molecule has 0 amide bonds. The molecule has 0 saturated carbocycles. The molecule has 0 bridgehead atoms. The molecule has 1 N–H and O–H groups in total. The van der Waals surface area contributed by atoms with Gasteiger partial charge in [0.15, 0.2) is 0 Å². The number of nitro benzene ring substituents is 1. The summed E-state index contributed by atoms with van der Waals surface area (Å²) >= 11 is 5.59. The Kier molecular flexibility index (Phi) is 6.18. The van der Waals surface area contributed by atoms with Gasteiger partial charge in [0.2, 0.25) is 0 Å². The molecule has 4 nitrogen and oxygen atoms in total. The highest BCUT2D eigenvalue weighted by molar-refractivity contribution is 6.31. The highest BCUT2D eigenvalue weighted by Crippen LogP contribution is 2.27. The number of halogens is 2. The second-order valence-electron chi connectivity index (χ2n) is 4.42. The molecule has 0 aromatic heterocycles. The maximum Gasteiger partial charge on any atom is 0.274 e. The lowest BCUT2D eigenvalue weighted by Crippen LogP contribution is -2.31. The van der Waals surface area contributed by atoms with E-state index in [0.717, 1.165) is 31.5 Å². The summed E-state index contributed by atoms with van der Waals surface area (Å²) in [6, 6.07) is 2.34. The molecule has 106 valence electrons. The summed E-state index contributed by atoms with van der Waals surface area (Å²) in [5.74, 6) is -0.618. The molecule has 19 heavy (non-hydrogen) atoms.